The minimum Gasteiger partial charge on any atom is -0.409 e. The van der Waals surface area contributed by atoms with E-state index < -0.39 is 0 Å². The highest BCUT2D eigenvalue weighted by atomic mass is 16.4. The third-order valence-corrected chi connectivity index (χ3v) is 3.57. The number of amidine groups is 1. The standard InChI is InChI=1S/C14H21N3O2/c1-10-8-11(14(15)16-19)2-3-12(10)9-17(6-7-18)13-4-5-13/h2-3,8,13,18-19H,4-7,9H2,1H3,(H2,15,16). The lowest BCUT2D eigenvalue weighted by molar-refractivity contribution is 0.183. The summed E-state index contributed by atoms with van der Waals surface area (Å²) in [6.45, 7) is 3.77. The van der Waals surface area contributed by atoms with Crippen molar-refractivity contribution in [2.24, 2.45) is 10.9 Å². The molecule has 0 unspecified atom stereocenters. The van der Waals surface area contributed by atoms with E-state index in [2.05, 4.69) is 10.1 Å². The molecule has 1 aromatic rings. The van der Waals surface area contributed by atoms with Crippen LogP contribution in [0, 0.1) is 6.92 Å². The van der Waals surface area contributed by atoms with Crippen LogP contribution in [0.5, 0.6) is 0 Å². The number of aliphatic hydroxyl groups excluding tert-OH is 1. The monoisotopic (exact) mass is 263 g/mol. The smallest absolute Gasteiger partial charge is 0.170 e. The topological polar surface area (TPSA) is 82.1 Å². The molecule has 4 N–H and O–H groups in total. The van der Waals surface area contributed by atoms with Gasteiger partial charge in [0.2, 0.25) is 0 Å². The number of aliphatic hydroxyl groups is 1. The maximum atomic E-state index is 9.11. The molecule has 0 saturated heterocycles. The van der Waals surface area contributed by atoms with Crippen LogP contribution in [0.2, 0.25) is 0 Å². The van der Waals surface area contributed by atoms with E-state index in [-0.39, 0.29) is 12.4 Å². The molecule has 1 aromatic carbocycles. The second-order valence-corrected chi connectivity index (χ2v) is 5.05. The zero-order valence-electron chi connectivity index (χ0n) is 11.2. The number of oxime groups is 1. The van der Waals surface area contributed by atoms with Crippen molar-refractivity contribution in [3.05, 3.63) is 34.9 Å². The third-order valence-electron chi connectivity index (χ3n) is 3.57. The average Bonchev–Trinajstić information content (AvgIpc) is 3.23. The zero-order valence-corrected chi connectivity index (χ0v) is 11.2. The second kappa shape index (κ2) is 6.04. The number of nitrogens with two attached hydrogens (primary N) is 1. The first-order chi connectivity index (χ1) is 9.15. The van der Waals surface area contributed by atoms with Crippen molar-refractivity contribution in [1.29, 1.82) is 0 Å². The fraction of sp³-hybridized carbons (Fsp3) is 0.500. The Labute approximate surface area is 113 Å². The van der Waals surface area contributed by atoms with Gasteiger partial charge in [0, 0.05) is 24.7 Å². The van der Waals surface area contributed by atoms with Crippen LogP contribution >= 0.6 is 0 Å². The minimum absolute atomic E-state index is 0.129. The van der Waals surface area contributed by atoms with Crippen LogP contribution in [0.3, 0.4) is 0 Å². The molecule has 0 bridgehead atoms. The summed E-state index contributed by atoms with van der Waals surface area (Å²) in [6, 6.07) is 6.42. The van der Waals surface area contributed by atoms with Gasteiger partial charge in [-0.05, 0) is 37.0 Å². The molecule has 2 rings (SSSR count). The highest BCUT2D eigenvalue weighted by Crippen LogP contribution is 2.28. The maximum Gasteiger partial charge on any atom is 0.170 e. The SMILES string of the molecule is Cc1cc(/C(N)=N/O)ccc1CN(CCO)C1CC1. The first-order valence-electron chi connectivity index (χ1n) is 6.58. The van der Waals surface area contributed by atoms with E-state index >= 15 is 0 Å². The summed E-state index contributed by atoms with van der Waals surface area (Å²) in [5.41, 5.74) is 8.64. The Morgan fingerprint density at radius 1 is 1.47 bits per heavy atom. The van der Waals surface area contributed by atoms with Crippen LogP contribution in [0.1, 0.15) is 29.5 Å². The van der Waals surface area contributed by atoms with Crippen LogP contribution < -0.4 is 5.73 Å². The summed E-state index contributed by atoms with van der Waals surface area (Å²) in [5, 5.41) is 20.8. The molecule has 0 amide bonds. The maximum absolute atomic E-state index is 9.11. The Morgan fingerprint density at radius 2 is 2.21 bits per heavy atom. The van der Waals surface area contributed by atoms with Crippen molar-refractivity contribution in [3.8, 4) is 0 Å². The molecule has 0 aromatic heterocycles. The third kappa shape index (κ3) is 3.45. The summed E-state index contributed by atoms with van der Waals surface area (Å²) in [5.74, 6) is 0.129. The molecule has 0 atom stereocenters. The van der Waals surface area contributed by atoms with Gasteiger partial charge in [0.25, 0.3) is 0 Å². The first-order valence-corrected chi connectivity index (χ1v) is 6.58. The van der Waals surface area contributed by atoms with Crippen molar-refractivity contribution in [3.63, 3.8) is 0 Å². The highest BCUT2D eigenvalue weighted by Gasteiger charge is 2.28. The van der Waals surface area contributed by atoms with Gasteiger partial charge >= 0.3 is 0 Å². The lowest BCUT2D eigenvalue weighted by atomic mass is 10.0. The van der Waals surface area contributed by atoms with Gasteiger partial charge < -0.3 is 16.0 Å². The zero-order chi connectivity index (χ0) is 13.8. The van der Waals surface area contributed by atoms with Gasteiger partial charge in [-0.15, -0.1) is 0 Å². The number of nitrogens with zero attached hydrogens (tertiary/aromatic N) is 2. The lowest BCUT2D eigenvalue weighted by Crippen LogP contribution is -2.29. The van der Waals surface area contributed by atoms with Gasteiger partial charge in [0.05, 0.1) is 6.61 Å². The molecule has 19 heavy (non-hydrogen) atoms. The van der Waals surface area contributed by atoms with Crippen LogP contribution in [-0.4, -0.2) is 40.2 Å². The minimum atomic E-state index is 0.129. The Balaban J connectivity index is 2.11. The molecule has 104 valence electrons. The van der Waals surface area contributed by atoms with Crippen LogP contribution in [0.4, 0.5) is 0 Å². The first kappa shape index (κ1) is 13.8. The Morgan fingerprint density at radius 3 is 2.74 bits per heavy atom. The van der Waals surface area contributed by atoms with E-state index in [0.29, 0.717) is 12.6 Å². The molecule has 1 aliphatic carbocycles. The number of benzene rings is 1. The number of aryl methyl sites for hydroxylation is 1. The van der Waals surface area contributed by atoms with Gasteiger partial charge in [-0.1, -0.05) is 17.3 Å². The molecule has 0 radical (unpaired) electrons. The lowest BCUT2D eigenvalue weighted by Gasteiger charge is -2.22. The molecular formula is C14H21N3O2. The Hall–Kier alpha value is -1.59. The quantitative estimate of drug-likeness (QED) is 0.310. The van der Waals surface area contributed by atoms with Gasteiger partial charge in [-0.2, -0.15) is 0 Å². The van der Waals surface area contributed by atoms with Crippen molar-refractivity contribution >= 4 is 5.84 Å². The average molecular weight is 263 g/mol. The highest BCUT2D eigenvalue weighted by molar-refractivity contribution is 5.97. The summed E-state index contributed by atoms with van der Waals surface area (Å²) in [7, 11) is 0. The van der Waals surface area contributed by atoms with Crippen LogP contribution in [0.25, 0.3) is 0 Å². The fourth-order valence-corrected chi connectivity index (χ4v) is 2.27. The van der Waals surface area contributed by atoms with E-state index in [4.69, 9.17) is 16.0 Å². The van der Waals surface area contributed by atoms with Gasteiger partial charge in [0.15, 0.2) is 5.84 Å². The number of hydrogen-bond acceptors (Lipinski definition) is 4. The van der Waals surface area contributed by atoms with E-state index in [0.717, 1.165) is 17.7 Å². The second-order valence-electron chi connectivity index (χ2n) is 5.05. The summed E-state index contributed by atoms with van der Waals surface area (Å²) < 4.78 is 0. The molecule has 1 fully saturated rings. The van der Waals surface area contributed by atoms with E-state index in [1.165, 1.54) is 18.4 Å². The molecule has 1 aliphatic rings. The normalized spacial score (nSPS) is 16.1. The Kier molecular flexibility index (Phi) is 4.39. The molecular weight excluding hydrogens is 242 g/mol. The predicted molar refractivity (Wildman–Crippen MR) is 74.2 cm³/mol. The van der Waals surface area contributed by atoms with E-state index in [1.807, 2.05) is 25.1 Å². The van der Waals surface area contributed by atoms with Crippen molar-refractivity contribution in [2.75, 3.05) is 13.2 Å². The predicted octanol–water partition coefficient (Wildman–Crippen LogP) is 1.05. The summed E-state index contributed by atoms with van der Waals surface area (Å²) in [4.78, 5) is 2.31. The fourth-order valence-electron chi connectivity index (χ4n) is 2.27. The van der Waals surface area contributed by atoms with Crippen molar-refractivity contribution in [2.45, 2.75) is 32.4 Å². The Bertz CT molecular complexity index is 470. The van der Waals surface area contributed by atoms with Gasteiger partial charge in [-0.25, -0.2) is 0 Å². The largest absolute Gasteiger partial charge is 0.409 e. The summed E-state index contributed by atoms with van der Waals surface area (Å²) >= 11 is 0. The molecule has 0 heterocycles. The van der Waals surface area contributed by atoms with Crippen LogP contribution in [-0.2, 0) is 6.54 Å². The number of hydrogen-bond donors (Lipinski definition) is 3. The molecule has 5 heteroatoms. The van der Waals surface area contributed by atoms with Crippen molar-refractivity contribution in [1.82, 2.24) is 4.90 Å². The van der Waals surface area contributed by atoms with E-state index in [1.54, 1.807) is 0 Å². The van der Waals surface area contributed by atoms with Crippen LogP contribution in [0.15, 0.2) is 23.4 Å². The van der Waals surface area contributed by atoms with Crippen molar-refractivity contribution < 1.29 is 10.3 Å². The summed E-state index contributed by atoms with van der Waals surface area (Å²) in [6.07, 6.45) is 2.45. The van der Waals surface area contributed by atoms with E-state index in [9.17, 15) is 0 Å². The van der Waals surface area contributed by atoms with Gasteiger partial charge in [-0.3, -0.25) is 4.90 Å². The molecule has 0 aliphatic heterocycles. The molecule has 0 spiro atoms. The molecule has 1 saturated carbocycles. The number of rotatable bonds is 6. The molecule has 5 nitrogen and oxygen atoms in total. The van der Waals surface area contributed by atoms with Gasteiger partial charge in [0.1, 0.15) is 0 Å².